The van der Waals surface area contributed by atoms with Crippen molar-refractivity contribution in [1.29, 1.82) is 5.26 Å². The highest BCUT2D eigenvalue weighted by Gasteiger charge is 2.56. The number of nitrogens with zero attached hydrogens (tertiary/aromatic N) is 2. The minimum Gasteiger partial charge on any atom is -0.351 e. The van der Waals surface area contributed by atoms with E-state index in [1.165, 1.54) is 11.9 Å². The number of nitrogens with one attached hydrogen (secondary N) is 2. The highest BCUT2D eigenvalue weighted by Crippen LogP contribution is 2.46. The number of para-hydroxylation sites is 1. The van der Waals surface area contributed by atoms with Crippen molar-refractivity contribution in [2.75, 3.05) is 18.9 Å². The summed E-state index contributed by atoms with van der Waals surface area (Å²) in [6.45, 7) is 0.0281. The molecule has 1 aromatic rings. The second kappa shape index (κ2) is 4.84. The number of hydrogen-bond acceptors (Lipinski definition) is 4. The predicted molar refractivity (Wildman–Crippen MR) is 76.5 cm³/mol. The van der Waals surface area contributed by atoms with Crippen molar-refractivity contribution in [3.63, 3.8) is 0 Å². The molecular formula is C15H14N4O3. The summed E-state index contributed by atoms with van der Waals surface area (Å²) in [5.41, 5.74) is 0.506. The van der Waals surface area contributed by atoms with Crippen molar-refractivity contribution >= 4 is 23.4 Å². The fraction of sp³-hybridized carbons (Fsp3) is 0.333. The number of rotatable bonds is 0. The number of carbonyl (C=O) groups excluding carboxylic acids is 3. The van der Waals surface area contributed by atoms with Gasteiger partial charge in [-0.15, -0.1) is 0 Å². The fourth-order valence-corrected chi connectivity index (χ4v) is 3.21. The van der Waals surface area contributed by atoms with Crippen LogP contribution in [0.15, 0.2) is 24.3 Å². The van der Waals surface area contributed by atoms with Gasteiger partial charge in [-0.3, -0.25) is 14.4 Å². The number of anilines is 1. The first kappa shape index (κ1) is 14.1. The minimum atomic E-state index is -0.958. The summed E-state index contributed by atoms with van der Waals surface area (Å²) >= 11 is 0. The molecule has 7 heteroatoms. The summed E-state index contributed by atoms with van der Waals surface area (Å²) < 4.78 is 0. The first-order valence-electron chi connectivity index (χ1n) is 6.87. The number of hydrogen-bond donors (Lipinski definition) is 2. The Labute approximate surface area is 126 Å². The van der Waals surface area contributed by atoms with E-state index in [1.807, 2.05) is 24.3 Å². The summed E-state index contributed by atoms with van der Waals surface area (Å²) in [7, 11) is 1.35. The van der Waals surface area contributed by atoms with Gasteiger partial charge in [-0.25, -0.2) is 0 Å². The van der Waals surface area contributed by atoms with Crippen LogP contribution in [0.1, 0.15) is 12.0 Å². The van der Waals surface area contributed by atoms with Crippen molar-refractivity contribution in [3.8, 4) is 6.07 Å². The predicted octanol–water partition coefficient (Wildman–Crippen LogP) is -0.253. The molecule has 112 valence electrons. The number of likely N-dealkylation sites (tertiary alicyclic amines) is 1. The Balaban J connectivity index is 2.02. The Morgan fingerprint density at radius 2 is 2.18 bits per heavy atom. The first-order valence-corrected chi connectivity index (χ1v) is 6.87. The Kier molecular flexibility index (Phi) is 3.10. The Hall–Kier alpha value is -2.88. The van der Waals surface area contributed by atoms with Gasteiger partial charge in [0.1, 0.15) is 6.04 Å². The van der Waals surface area contributed by atoms with Gasteiger partial charge < -0.3 is 15.5 Å². The standard InChI is InChI=1S/C15H14N4O3/c1-17-12(20)13(21)19-8-15(6-9(19)7-16)10-4-2-3-5-11(10)18-14(15)22/h2-5,9H,6,8H2,1H3,(H,17,20)(H,18,22)/t9-,15-/m0/s1. The Bertz CT molecular complexity index is 724. The fourth-order valence-electron chi connectivity index (χ4n) is 3.21. The minimum absolute atomic E-state index is 0.0281. The second-order valence-corrected chi connectivity index (χ2v) is 5.44. The number of benzene rings is 1. The van der Waals surface area contributed by atoms with Gasteiger partial charge in [0.2, 0.25) is 5.91 Å². The average molecular weight is 298 g/mol. The van der Waals surface area contributed by atoms with Gasteiger partial charge in [-0.05, 0) is 11.6 Å². The third-order valence-electron chi connectivity index (χ3n) is 4.31. The third-order valence-corrected chi connectivity index (χ3v) is 4.31. The molecule has 0 aliphatic carbocycles. The van der Waals surface area contributed by atoms with E-state index in [9.17, 15) is 19.6 Å². The van der Waals surface area contributed by atoms with Crippen LogP contribution in [0.5, 0.6) is 0 Å². The molecule has 22 heavy (non-hydrogen) atoms. The molecule has 2 heterocycles. The highest BCUT2D eigenvalue weighted by atomic mass is 16.2. The van der Waals surface area contributed by atoms with E-state index in [1.54, 1.807) is 6.07 Å². The topological polar surface area (TPSA) is 102 Å². The number of fused-ring (bicyclic) bond motifs is 2. The molecule has 1 aromatic carbocycles. The van der Waals surface area contributed by atoms with E-state index in [0.717, 1.165) is 5.56 Å². The normalized spacial score (nSPS) is 25.5. The molecule has 1 spiro atoms. The van der Waals surface area contributed by atoms with Crippen molar-refractivity contribution in [1.82, 2.24) is 10.2 Å². The lowest BCUT2D eigenvalue weighted by Crippen LogP contribution is -2.45. The lowest BCUT2D eigenvalue weighted by Gasteiger charge is -2.22. The van der Waals surface area contributed by atoms with E-state index >= 15 is 0 Å². The van der Waals surface area contributed by atoms with Gasteiger partial charge in [0.25, 0.3) is 0 Å². The molecule has 1 fully saturated rings. The van der Waals surface area contributed by atoms with Crippen LogP contribution in [0.3, 0.4) is 0 Å². The van der Waals surface area contributed by atoms with Crippen LogP contribution in [0, 0.1) is 11.3 Å². The Morgan fingerprint density at radius 3 is 2.86 bits per heavy atom. The monoisotopic (exact) mass is 298 g/mol. The summed E-state index contributed by atoms with van der Waals surface area (Å²) in [6, 6.07) is 8.44. The summed E-state index contributed by atoms with van der Waals surface area (Å²) in [5, 5.41) is 14.4. The molecular weight excluding hydrogens is 284 g/mol. The maximum Gasteiger partial charge on any atom is 0.312 e. The van der Waals surface area contributed by atoms with Crippen molar-refractivity contribution < 1.29 is 14.4 Å². The molecule has 2 aliphatic heterocycles. The largest absolute Gasteiger partial charge is 0.351 e. The molecule has 7 nitrogen and oxygen atoms in total. The van der Waals surface area contributed by atoms with Gasteiger partial charge in [0.05, 0.1) is 11.5 Å². The Morgan fingerprint density at radius 1 is 1.45 bits per heavy atom. The lowest BCUT2D eigenvalue weighted by atomic mass is 9.80. The number of carbonyl (C=O) groups is 3. The van der Waals surface area contributed by atoms with Gasteiger partial charge in [-0.1, -0.05) is 18.2 Å². The molecule has 3 amide bonds. The smallest absolute Gasteiger partial charge is 0.312 e. The van der Waals surface area contributed by atoms with Crippen LogP contribution in [0.4, 0.5) is 5.69 Å². The molecule has 2 N–H and O–H groups in total. The highest BCUT2D eigenvalue weighted by molar-refractivity contribution is 6.35. The number of amides is 3. The van der Waals surface area contributed by atoms with Gasteiger partial charge in [-0.2, -0.15) is 5.26 Å². The SMILES string of the molecule is CNC(=O)C(=O)N1C[C@]2(C[C@H]1C#N)C(=O)Nc1ccccc12. The molecule has 1 saturated heterocycles. The van der Waals surface area contributed by atoms with E-state index in [-0.39, 0.29) is 18.9 Å². The van der Waals surface area contributed by atoms with Crippen molar-refractivity contribution in [2.24, 2.45) is 0 Å². The molecule has 2 atom stereocenters. The molecule has 0 bridgehead atoms. The average Bonchev–Trinajstić information content (AvgIpc) is 3.06. The van der Waals surface area contributed by atoms with E-state index in [2.05, 4.69) is 10.6 Å². The van der Waals surface area contributed by atoms with Crippen LogP contribution in [-0.2, 0) is 19.8 Å². The van der Waals surface area contributed by atoms with Crippen LogP contribution in [-0.4, -0.2) is 42.3 Å². The quantitative estimate of drug-likeness (QED) is 0.644. The van der Waals surface area contributed by atoms with E-state index < -0.39 is 23.3 Å². The van der Waals surface area contributed by atoms with Crippen molar-refractivity contribution in [2.45, 2.75) is 17.9 Å². The van der Waals surface area contributed by atoms with E-state index in [4.69, 9.17) is 0 Å². The zero-order chi connectivity index (χ0) is 15.9. The lowest BCUT2D eigenvalue weighted by molar-refractivity contribution is -0.145. The summed E-state index contributed by atoms with van der Waals surface area (Å²) in [6.07, 6.45) is 0.190. The second-order valence-electron chi connectivity index (χ2n) is 5.44. The maximum absolute atomic E-state index is 12.5. The molecule has 0 saturated carbocycles. The molecule has 2 aliphatic rings. The zero-order valence-corrected chi connectivity index (χ0v) is 11.9. The van der Waals surface area contributed by atoms with E-state index in [0.29, 0.717) is 5.69 Å². The third kappa shape index (κ3) is 1.77. The van der Waals surface area contributed by atoms with Gasteiger partial charge >= 0.3 is 11.8 Å². The van der Waals surface area contributed by atoms with Gasteiger partial charge in [0.15, 0.2) is 0 Å². The molecule has 0 aromatic heterocycles. The first-order chi connectivity index (χ1) is 10.5. The maximum atomic E-state index is 12.5. The van der Waals surface area contributed by atoms with Crippen LogP contribution in [0.25, 0.3) is 0 Å². The van der Waals surface area contributed by atoms with Gasteiger partial charge in [0, 0.05) is 25.7 Å². The molecule has 3 rings (SSSR count). The molecule has 0 unspecified atom stereocenters. The van der Waals surface area contributed by atoms with Crippen LogP contribution in [0.2, 0.25) is 0 Å². The van der Waals surface area contributed by atoms with Crippen LogP contribution >= 0.6 is 0 Å². The number of nitriles is 1. The summed E-state index contributed by atoms with van der Waals surface area (Å²) in [4.78, 5) is 37.4. The zero-order valence-electron chi connectivity index (χ0n) is 11.9. The van der Waals surface area contributed by atoms with Crippen molar-refractivity contribution in [3.05, 3.63) is 29.8 Å². The molecule has 0 radical (unpaired) electrons. The van der Waals surface area contributed by atoms with Crippen LogP contribution < -0.4 is 10.6 Å². The summed E-state index contributed by atoms with van der Waals surface area (Å²) in [5.74, 6) is -1.81. The number of likely N-dealkylation sites (N-methyl/N-ethyl adjacent to an activating group) is 1.